The number of aliphatic hydroxyl groups is 1. The molecule has 0 fully saturated rings. The monoisotopic (exact) mass is 303 g/mol. The summed E-state index contributed by atoms with van der Waals surface area (Å²) >= 11 is 0. The second-order valence-electron chi connectivity index (χ2n) is 4.93. The van der Waals surface area contributed by atoms with E-state index in [0.29, 0.717) is 34.1 Å². The minimum absolute atomic E-state index is 0.0786. The molecular formula is C16H14FNO4. The van der Waals surface area contributed by atoms with Gasteiger partial charge in [-0.15, -0.1) is 0 Å². The Bertz CT molecular complexity index is 871. The molecule has 5 nitrogen and oxygen atoms in total. The number of fused-ring (bicyclic) bond motifs is 3. The molecule has 0 aliphatic rings. The molecule has 1 atom stereocenters. The fraction of sp³-hybridized carbons (Fsp3) is 0.250. The summed E-state index contributed by atoms with van der Waals surface area (Å²) in [7, 11) is 1.26. The van der Waals surface area contributed by atoms with Crippen LogP contribution in [0.3, 0.4) is 0 Å². The van der Waals surface area contributed by atoms with Crippen molar-refractivity contribution in [3.05, 3.63) is 41.5 Å². The van der Waals surface area contributed by atoms with E-state index in [1.54, 1.807) is 13.0 Å². The maximum absolute atomic E-state index is 13.5. The predicted molar refractivity (Wildman–Crippen MR) is 78.1 cm³/mol. The molecule has 0 saturated heterocycles. The minimum atomic E-state index is -0.804. The molecule has 0 radical (unpaired) electrons. The van der Waals surface area contributed by atoms with Crippen molar-refractivity contribution in [3.8, 4) is 0 Å². The molecule has 3 aromatic rings. The van der Waals surface area contributed by atoms with Gasteiger partial charge in [-0.1, -0.05) is 6.92 Å². The van der Waals surface area contributed by atoms with Crippen LogP contribution in [0.1, 0.15) is 35.7 Å². The van der Waals surface area contributed by atoms with Crippen molar-refractivity contribution >= 4 is 27.8 Å². The predicted octanol–water partition coefficient (Wildman–Crippen LogP) is 3.35. The van der Waals surface area contributed by atoms with Crippen molar-refractivity contribution in [1.29, 1.82) is 0 Å². The molecular weight excluding hydrogens is 289 g/mol. The SMILES string of the molecule is CCC(O)c1cc2c(C(=O)OC)nc3ccc(F)cc3c2o1. The quantitative estimate of drug-likeness (QED) is 0.751. The summed E-state index contributed by atoms with van der Waals surface area (Å²) in [5, 5.41) is 10.8. The van der Waals surface area contributed by atoms with Crippen LogP contribution in [0.4, 0.5) is 4.39 Å². The van der Waals surface area contributed by atoms with Crippen LogP contribution < -0.4 is 0 Å². The highest BCUT2D eigenvalue weighted by molar-refractivity contribution is 6.11. The van der Waals surface area contributed by atoms with Crippen LogP contribution >= 0.6 is 0 Å². The van der Waals surface area contributed by atoms with Crippen LogP contribution in [0.2, 0.25) is 0 Å². The van der Waals surface area contributed by atoms with E-state index in [4.69, 9.17) is 9.15 Å². The summed E-state index contributed by atoms with van der Waals surface area (Å²) in [5.41, 5.74) is 0.809. The van der Waals surface area contributed by atoms with Crippen molar-refractivity contribution in [2.24, 2.45) is 0 Å². The third-order valence-corrected chi connectivity index (χ3v) is 3.54. The topological polar surface area (TPSA) is 72.6 Å². The Balaban J connectivity index is 2.40. The highest BCUT2D eigenvalue weighted by Gasteiger charge is 2.21. The van der Waals surface area contributed by atoms with E-state index in [9.17, 15) is 14.3 Å². The maximum atomic E-state index is 13.5. The van der Waals surface area contributed by atoms with Gasteiger partial charge in [-0.3, -0.25) is 0 Å². The van der Waals surface area contributed by atoms with Crippen molar-refractivity contribution in [3.63, 3.8) is 0 Å². The molecule has 6 heteroatoms. The lowest BCUT2D eigenvalue weighted by Gasteiger charge is -2.04. The first-order chi connectivity index (χ1) is 10.5. The van der Waals surface area contributed by atoms with Crippen LogP contribution in [0.25, 0.3) is 21.9 Å². The van der Waals surface area contributed by atoms with Crippen LogP contribution in [-0.2, 0) is 4.74 Å². The summed E-state index contributed by atoms with van der Waals surface area (Å²) in [4.78, 5) is 16.2. The lowest BCUT2D eigenvalue weighted by Crippen LogP contribution is -2.05. The van der Waals surface area contributed by atoms with Gasteiger partial charge in [-0.05, 0) is 30.7 Å². The van der Waals surface area contributed by atoms with E-state index in [1.165, 1.54) is 25.3 Å². The number of furan rings is 1. The second kappa shape index (κ2) is 5.38. The number of aromatic nitrogens is 1. The third-order valence-electron chi connectivity index (χ3n) is 3.54. The molecule has 1 aromatic carbocycles. The number of hydrogen-bond acceptors (Lipinski definition) is 5. The Morgan fingerprint density at radius 2 is 2.18 bits per heavy atom. The highest BCUT2D eigenvalue weighted by atomic mass is 19.1. The Hall–Kier alpha value is -2.47. The molecule has 1 N–H and O–H groups in total. The molecule has 1 unspecified atom stereocenters. The fourth-order valence-electron chi connectivity index (χ4n) is 2.37. The smallest absolute Gasteiger partial charge is 0.357 e. The van der Waals surface area contributed by atoms with Gasteiger partial charge in [0.15, 0.2) is 5.69 Å². The van der Waals surface area contributed by atoms with Gasteiger partial charge in [0.1, 0.15) is 23.3 Å². The van der Waals surface area contributed by atoms with E-state index in [-0.39, 0.29) is 5.69 Å². The highest BCUT2D eigenvalue weighted by Crippen LogP contribution is 2.33. The number of carbonyl (C=O) groups excluding carboxylic acids is 1. The van der Waals surface area contributed by atoms with Gasteiger partial charge in [-0.25, -0.2) is 14.2 Å². The maximum Gasteiger partial charge on any atom is 0.357 e. The number of carbonyl (C=O) groups is 1. The lowest BCUT2D eigenvalue weighted by atomic mass is 10.1. The number of benzene rings is 1. The molecule has 0 aliphatic heterocycles. The molecule has 0 bridgehead atoms. The number of hydrogen-bond donors (Lipinski definition) is 1. The number of aliphatic hydroxyl groups excluding tert-OH is 1. The summed E-state index contributed by atoms with van der Waals surface area (Å²) in [6.45, 7) is 1.80. The van der Waals surface area contributed by atoms with Crippen molar-refractivity contribution in [2.75, 3.05) is 7.11 Å². The zero-order valence-electron chi connectivity index (χ0n) is 12.1. The minimum Gasteiger partial charge on any atom is -0.464 e. The number of esters is 1. The first-order valence-corrected chi connectivity index (χ1v) is 6.84. The summed E-state index contributed by atoms with van der Waals surface area (Å²) in [6.07, 6.45) is -0.353. The molecule has 114 valence electrons. The van der Waals surface area contributed by atoms with Gasteiger partial charge in [0, 0.05) is 5.39 Å². The summed E-state index contributed by atoms with van der Waals surface area (Å²) in [5.74, 6) is -0.744. The lowest BCUT2D eigenvalue weighted by molar-refractivity contribution is 0.0597. The van der Waals surface area contributed by atoms with Crippen LogP contribution in [0, 0.1) is 5.82 Å². The van der Waals surface area contributed by atoms with Gasteiger partial charge in [0.25, 0.3) is 0 Å². The Morgan fingerprint density at radius 3 is 2.86 bits per heavy atom. The molecule has 0 spiro atoms. The average Bonchev–Trinajstić information content (AvgIpc) is 2.98. The van der Waals surface area contributed by atoms with Gasteiger partial charge in [0.2, 0.25) is 0 Å². The zero-order valence-corrected chi connectivity index (χ0v) is 12.1. The Kier molecular flexibility index (Phi) is 3.54. The average molecular weight is 303 g/mol. The number of halogens is 1. The van der Waals surface area contributed by atoms with Crippen molar-refractivity contribution < 1.29 is 23.4 Å². The van der Waals surface area contributed by atoms with Crippen molar-refractivity contribution in [2.45, 2.75) is 19.4 Å². The molecule has 0 amide bonds. The molecule has 0 saturated carbocycles. The van der Waals surface area contributed by atoms with E-state index < -0.39 is 17.9 Å². The Morgan fingerprint density at radius 1 is 1.41 bits per heavy atom. The first-order valence-electron chi connectivity index (χ1n) is 6.84. The van der Waals surface area contributed by atoms with Gasteiger partial charge >= 0.3 is 5.97 Å². The van der Waals surface area contributed by atoms with E-state index in [0.717, 1.165) is 0 Å². The third kappa shape index (κ3) is 2.21. The van der Waals surface area contributed by atoms with Gasteiger partial charge in [-0.2, -0.15) is 0 Å². The van der Waals surface area contributed by atoms with E-state index in [2.05, 4.69) is 4.98 Å². The van der Waals surface area contributed by atoms with Crippen LogP contribution in [0.5, 0.6) is 0 Å². The van der Waals surface area contributed by atoms with E-state index in [1.807, 2.05) is 0 Å². The number of nitrogens with zero attached hydrogens (tertiary/aromatic N) is 1. The molecule has 22 heavy (non-hydrogen) atoms. The number of methoxy groups -OCH3 is 1. The zero-order chi connectivity index (χ0) is 15.9. The van der Waals surface area contributed by atoms with Crippen LogP contribution in [0.15, 0.2) is 28.7 Å². The Labute approximate surface area is 125 Å². The summed E-state index contributed by atoms with van der Waals surface area (Å²) in [6, 6.07) is 5.56. The van der Waals surface area contributed by atoms with Gasteiger partial charge < -0.3 is 14.3 Å². The normalized spacial score (nSPS) is 12.7. The number of pyridine rings is 1. The largest absolute Gasteiger partial charge is 0.464 e. The van der Waals surface area contributed by atoms with E-state index >= 15 is 0 Å². The first kappa shape index (κ1) is 14.5. The molecule has 3 rings (SSSR count). The number of rotatable bonds is 3. The fourth-order valence-corrected chi connectivity index (χ4v) is 2.37. The van der Waals surface area contributed by atoms with Crippen molar-refractivity contribution in [1.82, 2.24) is 4.98 Å². The number of ether oxygens (including phenoxy) is 1. The standard InChI is InChI=1S/C16H14FNO4/c1-3-12(19)13-7-10-14(16(20)21-2)18-11-5-4-8(17)6-9(11)15(10)22-13/h4-7,12,19H,3H2,1-2H3. The molecule has 2 heterocycles. The molecule has 0 aliphatic carbocycles. The second-order valence-corrected chi connectivity index (χ2v) is 4.93. The summed E-state index contributed by atoms with van der Waals surface area (Å²) < 4.78 is 23.9. The molecule has 2 aromatic heterocycles. The van der Waals surface area contributed by atoms with Crippen LogP contribution in [-0.4, -0.2) is 23.2 Å². The van der Waals surface area contributed by atoms with Gasteiger partial charge in [0.05, 0.1) is 18.0 Å².